The minimum atomic E-state index is -1.34. The van der Waals surface area contributed by atoms with Crippen molar-refractivity contribution in [3.8, 4) is 5.75 Å². The van der Waals surface area contributed by atoms with Crippen molar-refractivity contribution in [3.63, 3.8) is 0 Å². The molecule has 0 bridgehead atoms. The first kappa shape index (κ1) is 21.5. The third-order valence-electron chi connectivity index (χ3n) is 6.55. The maximum absolute atomic E-state index is 13.9. The van der Waals surface area contributed by atoms with E-state index in [0.717, 1.165) is 18.7 Å². The highest BCUT2D eigenvalue weighted by atomic mass is 19.1. The molecular weight excluding hydrogens is 408 g/mol. The minimum Gasteiger partial charge on any atom is -0.505 e. The molecule has 0 aromatic heterocycles. The van der Waals surface area contributed by atoms with E-state index in [1.165, 1.54) is 12.1 Å². The quantitative estimate of drug-likeness (QED) is 0.546. The number of rotatable bonds is 2. The van der Waals surface area contributed by atoms with Gasteiger partial charge in [-0.1, -0.05) is 25.5 Å². The van der Waals surface area contributed by atoms with E-state index in [1.807, 2.05) is 13.8 Å². The number of hydrogen-bond donors (Lipinski definition) is 2. The van der Waals surface area contributed by atoms with Gasteiger partial charge in [0.1, 0.15) is 0 Å². The van der Waals surface area contributed by atoms with Gasteiger partial charge in [0.05, 0.1) is 25.0 Å². The lowest BCUT2D eigenvalue weighted by atomic mass is 9.54. The Morgan fingerprint density at radius 2 is 2.00 bits per heavy atom. The Hall–Kier alpha value is -2.72. The number of aromatic hydroxyl groups is 1. The monoisotopic (exact) mass is 431 g/mol. The molecule has 4 atom stereocenters. The van der Waals surface area contributed by atoms with Crippen LogP contribution in [0.1, 0.15) is 38.4 Å². The van der Waals surface area contributed by atoms with Crippen molar-refractivity contribution >= 4 is 25.0 Å². The zero-order valence-electron chi connectivity index (χ0n) is 17.4. The number of amides is 3. The summed E-state index contributed by atoms with van der Waals surface area (Å²) in [6, 6.07) is 3.79. The van der Waals surface area contributed by atoms with E-state index in [9.17, 15) is 28.9 Å². The number of halogens is 1. The van der Waals surface area contributed by atoms with Crippen LogP contribution in [0, 0.1) is 29.5 Å². The van der Waals surface area contributed by atoms with E-state index >= 15 is 0 Å². The molecular formula is C21H23BFNO7. The van der Waals surface area contributed by atoms with Crippen LogP contribution in [-0.2, 0) is 19.0 Å². The molecule has 10 heteroatoms. The van der Waals surface area contributed by atoms with Crippen LogP contribution in [0.4, 0.5) is 9.18 Å². The largest absolute Gasteiger partial charge is 0.505 e. The third-order valence-corrected chi connectivity index (χ3v) is 6.55. The van der Waals surface area contributed by atoms with E-state index in [2.05, 4.69) is 4.74 Å². The molecule has 0 radical (unpaired) electrons. The van der Waals surface area contributed by atoms with E-state index in [-0.39, 0.29) is 18.8 Å². The summed E-state index contributed by atoms with van der Waals surface area (Å²) < 4.78 is 24.3. The molecule has 1 aliphatic carbocycles. The van der Waals surface area contributed by atoms with Gasteiger partial charge in [-0.05, 0) is 47.8 Å². The van der Waals surface area contributed by atoms with E-state index in [0.29, 0.717) is 15.9 Å². The molecule has 2 N–H and O–H groups in total. The summed E-state index contributed by atoms with van der Waals surface area (Å²) in [4.78, 5) is 38.6. The summed E-state index contributed by atoms with van der Waals surface area (Å²) in [7, 11) is -0.240. The summed E-state index contributed by atoms with van der Waals surface area (Å²) in [5, 5.41) is 20.3. The van der Waals surface area contributed by atoms with Gasteiger partial charge < -0.3 is 19.5 Å². The van der Waals surface area contributed by atoms with Crippen molar-refractivity contribution in [1.82, 2.24) is 4.90 Å². The molecule has 0 unspecified atom stereocenters. The second-order valence-corrected chi connectivity index (χ2v) is 8.48. The summed E-state index contributed by atoms with van der Waals surface area (Å²) >= 11 is 0. The highest BCUT2D eigenvalue weighted by Gasteiger charge is 2.59. The molecule has 31 heavy (non-hydrogen) atoms. The number of carbonyl (C=O) groups is 3. The number of benzene rings is 1. The smallest absolute Gasteiger partial charge is 0.487 e. The number of methoxy groups -OCH3 is 1. The Bertz CT molecular complexity index is 994. The number of fused-ring (bicyclic) bond motifs is 3. The number of phenolic OH excluding ortho intramolecular Hbond substituents is 1. The molecule has 1 aromatic rings. The molecule has 2 aliphatic heterocycles. The zero-order valence-corrected chi connectivity index (χ0v) is 17.4. The average molecular weight is 431 g/mol. The normalized spacial score (nSPS) is 28.2. The Balaban J connectivity index is 1.77. The Kier molecular flexibility index (Phi) is 5.39. The molecule has 0 saturated carbocycles. The number of carbonyl (C=O) groups excluding carboxylic acids is 3. The fourth-order valence-electron chi connectivity index (χ4n) is 5.11. The molecule has 0 spiro atoms. The van der Waals surface area contributed by atoms with Crippen LogP contribution in [0.3, 0.4) is 0 Å². The molecule has 2 fully saturated rings. The van der Waals surface area contributed by atoms with Gasteiger partial charge in [0, 0.05) is 0 Å². The number of hydrogen-bond acceptors (Lipinski definition) is 7. The lowest BCUT2D eigenvalue weighted by Gasteiger charge is -2.43. The van der Waals surface area contributed by atoms with Crippen LogP contribution in [-0.4, -0.2) is 47.2 Å². The van der Waals surface area contributed by atoms with Gasteiger partial charge in [-0.25, -0.2) is 9.18 Å². The number of ether oxygens (including phenoxy) is 1. The van der Waals surface area contributed by atoms with Crippen molar-refractivity contribution in [2.45, 2.75) is 32.8 Å². The maximum atomic E-state index is 13.9. The van der Waals surface area contributed by atoms with Gasteiger partial charge in [0.15, 0.2) is 11.6 Å². The van der Waals surface area contributed by atoms with Gasteiger partial charge >= 0.3 is 13.2 Å². The predicted octanol–water partition coefficient (Wildman–Crippen LogP) is 2.35. The van der Waals surface area contributed by atoms with Crippen molar-refractivity contribution in [2.24, 2.45) is 23.7 Å². The molecule has 4 rings (SSSR count). The van der Waals surface area contributed by atoms with Crippen LogP contribution in [0.25, 0.3) is 0 Å². The summed E-state index contributed by atoms with van der Waals surface area (Å²) in [6.07, 6.45) is -1.34. The number of phenols is 1. The minimum absolute atomic E-state index is 0.0190. The lowest BCUT2D eigenvalue weighted by molar-refractivity contribution is -0.137. The Morgan fingerprint density at radius 3 is 2.61 bits per heavy atom. The topological polar surface area (TPSA) is 113 Å². The first-order chi connectivity index (χ1) is 14.6. The molecule has 2 saturated heterocycles. The predicted molar refractivity (Wildman–Crippen MR) is 106 cm³/mol. The van der Waals surface area contributed by atoms with Crippen molar-refractivity contribution < 1.29 is 38.3 Å². The van der Waals surface area contributed by atoms with Gasteiger partial charge in [-0.3, -0.25) is 9.59 Å². The maximum Gasteiger partial charge on any atom is 0.487 e. The zero-order chi connectivity index (χ0) is 22.6. The van der Waals surface area contributed by atoms with E-state index < -0.39 is 60.5 Å². The second-order valence-electron chi connectivity index (χ2n) is 8.48. The van der Waals surface area contributed by atoms with Crippen molar-refractivity contribution in [2.75, 3.05) is 7.11 Å². The van der Waals surface area contributed by atoms with Gasteiger partial charge in [0.2, 0.25) is 11.8 Å². The molecule has 3 amide bonds. The van der Waals surface area contributed by atoms with E-state index in [4.69, 9.17) is 4.65 Å². The number of allylic oxidation sites excluding steroid dienone is 2. The Labute approximate surface area is 178 Å². The molecule has 8 nitrogen and oxygen atoms in total. The highest BCUT2D eigenvalue weighted by molar-refractivity contribution is 6.53. The summed E-state index contributed by atoms with van der Waals surface area (Å²) in [6.45, 7) is 3.85. The van der Waals surface area contributed by atoms with Crippen molar-refractivity contribution in [1.29, 1.82) is 0 Å². The highest BCUT2D eigenvalue weighted by Crippen LogP contribution is 2.52. The van der Waals surface area contributed by atoms with Crippen LogP contribution in [0.5, 0.6) is 5.75 Å². The van der Waals surface area contributed by atoms with Gasteiger partial charge in [-0.15, -0.1) is 0 Å². The third kappa shape index (κ3) is 3.34. The van der Waals surface area contributed by atoms with Crippen LogP contribution in [0.15, 0.2) is 29.2 Å². The second kappa shape index (κ2) is 7.76. The van der Waals surface area contributed by atoms with Gasteiger partial charge in [-0.2, -0.15) is 4.90 Å². The molecule has 1 aromatic carbocycles. The molecule has 164 valence electrons. The summed E-state index contributed by atoms with van der Waals surface area (Å²) in [5.74, 6) is -4.75. The van der Waals surface area contributed by atoms with Crippen LogP contribution in [0.2, 0.25) is 0 Å². The SMILES string of the molecule is COC(=O)N1C(=O)[C@H]2[C@H](CC(C(C)C)=C3B(O)O[C@H](c4ccc(O)c(F)c4)C[C@H]32)C1=O. The average Bonchev–Trinajstić information content (AvgIpc) is 2.98. The fourth-order valence-corrected chi connectivity index (χ4v) is 5.11. The first-order valence-corrected chi connectivity index (χ1v) is 10.2. The molecule has 2 heterocycles. The number of nitrogens with zero attached hydrogens (tertiary/aromatic N) is 1. The van der Waals surface area contributed by atoms with E-state index in [1.54, 1.807) is 0 Å². The first-order valence-electron chi connectivity index (χ1n) is 10.2. The fraction of sp³-hybridized carbons (Fsp3) is 0.476. The number of likely N-dealkylation sites (tertiary alicyclic amines) is 1. The molecule has 3 aliphatic rings. The number of imide groups is 3. The lowest BCUT2D eigenvalue weighted by Crippen LogP contribution is -2.45. The van der Waals surface area contributed by atoms with Gasteiger partial charge in [0.25, 0.3) is 0 Å². The summed E-state index contributed by atoms with van der Waals surface area (Å²) in [5.41, 5.74) is 1.77. The van der Waals surface area contributed by atoms with Crippen molar-refractivity contribution in [3.05, 3.63) is 40.6 Å². The Morgan fingerprint density at radius 1 is 1.29 bits per heavy atom. The van der Waals surface area contributed by atoms with Crippen LogP contribution < -0.4 is 0 Å². The van der Waals surface area contributed by atoms with Crippen LogP contribution >= 0.6 is 0 Å². The standard InChI is InChI=1S/C21H23BFNO7/c1-9(2)11-7-13-17(20(27)24(19(13)26)21(28)30-3)12-8-16(31-22(29)18(11)12)10-4-5-15(25)14(23)6-10/h4-6,9,12-13,16-17,25,29H,7-8H2,1-3H3/t12-,13-,16-,17+/m0/s1.